The number of nitrogens with two attached hydrogens (primary N) is 1. The van der Waals surface area contributed by atoms with E-state index < -0.39 is 0 Å². The maximum absolute atomic E-state index is 5.83. The Labute approximate surface area is 106 Å². The number of nitrogens with zero attached hydrogens (tertiary/aromatic N) is 3. The topological polar surface area (TPSA) is 66.0 Å². The summed E-state index contributed by atoms with van der Waals surface area (Å²) in [5, 5.41) is 4.30. The maximum atomic E-state index is 5.83. The number of aromatic nitrogens is 3. The average Bonchev–Trinajstić information content (AvgIpc) is 2.87. The fourth-order valence-electron chi connectivity index (χ4n) is 2.31. The Kier molecular flexibility index (Phi) is 3.08. The second kappa shape index (κ2) is 4.88. The Hall–Kier alpha value is -1.72. The van der Waals surface area contributed by atoms with E-state index in [2.05, 4.69) is 28.3 Å². The van der Waals surface area contributed by atoms with E-state index in [9.17, 15) is 0 Å². The number of hydrogen-bond acceptors (Lipinski definition) is 4. The van der Waals surface area contributed by atoms with Gasteiger partial charge in [0.25, 0.3) is 0 Å². The summed E-state index contributed by atoms with van der Waals surface area (Å²) >= 11 is 0. The van der Waals surface area contributed by atoms with Crippen LogP contribution in [0.5, 0.6) is 0 Å². The molecule has 0 spiro atoms. The van der Waals surface area contributed by atoms with Gasteiger partial charge < -0.3 is 10.5 Å². The molecule has 0 amide bonds. The highest BCUT2D eigenvalue weighted by Gasteiger charge is 2.21. The van der Waals surface area contributed by atoms with Gasteiger partial charge in [-0.3, -0.25) is 0 Å². The normalized spacial score (nSPS) is 18.6. The minimum Gasteiger partial charge on any atom is -0.371 e. The molecule has 2 N–H and O–H groups in total. The summed E-state index contributed by atoms with van der Waals surface area (Å²) in [6, 6.07) is 8.41. The fourth-order valence-corrected chi connectivity index (χ4v) is 2.31. The average molecular weight is 244 g/mol. The predicted molar refractivity (Wildman–Crippen MR) is 66.8 cm³/mol. The van der Waals surface area contributed by atoms with Crippen molar-refractivity contribution in [2.45, 2.75) is 25.6 Å². The Balaban J connectivity index is 1.81. The molecule has 1 aromatic heterocycles. The molecule has 3 rings (SSSR count). The molecule has 2 aromatic rings. The molecule has 18 heavy (non-hydrogen) atoms. The Morgan fingerprint density at radius 2 is 2.28 bits per heavy atom. The number of ether oxygens (including phenoxy) is 1. The summed E-state index contributed by atoms with van der Waals surface area (Å²) in [4.78, 5) is 4.13. The van der Waals surface area contributed by atoms with Crippen molar-refractivity contribution in [3.63, 3.8) is 0 Å². The quantitative estimate of drug-likeness (QED) is 0.876. The van der Waals surface area contributed by atoms with Crippen molar-refractivity contribution in [2.24, 2.45) is 5.73 Å². The maximum Gasteiger partial charge on any atom is 0.164 e. The molecule has 1 atom stereocenters. The smallest absolute Gasteiger partial charge is 0.164 e. The third-order valence-electron chi connectivity index (χ3n) is 3.21. The van der Waals surface area contributed by atoms with Crippen LogP contribution in [0.15, 0.2) is 30.6 Å². The highest BCUT2D eigenvalue weighted by atomic mass is 16.5. The van der Waals surface area contributed by atoms with Gasteiger partial charge in [-0.05, 0) is 17.5 Å². The lowest BCUT2D eigenvalue weighted by Crippen LogP contribution is -2.21. The summed E-state index contributed by atoms with van der Waals surface area (Å²) in [5.74, 6) is 0.666. The third kappa shape index (κ3) is 2.14. The zero-order chi connectivity index (χ0) is 12.4. The molecule has 1 unspecified atom stereocenters. The highest BCUT2D eigenvalue weighted by Crippen LogP contribution is 2.27. The van der Waals surface area contributed by atoms with E-state index in [0.717, 1.165) is 13.0 Å². The lowest BCUT2D eigenvalue weighted by Gasteiger charge is -2.25. The summed E-state index contributed by atoms with van der Waals surface area (Å²) in [7, 11) is 0. The molecule has 5 nitrogen and oxygen atoms in total. The minimum atomic E-state index is 0.0577. The van der Waals surface area contributed by atoms with Gasteiger partial charge in [0.05, 0.1) is 19.7 Å². The van der Waals surface area contributed by atoms with E-state index in [0.29, 0.717) is 18.9 Å². The number of fused-ring (bicyclic) bond motifs is 1. The van der Waals surface area contributed by atoms with Crippen LogP contribution in [0.25, 0.3) is 0 Å². The second-order valence-corrected chi connectivity index (χ2v) is 4.40. The summed E-state index contributed by atoms with van der Waals surface area (Å²) in [6.45, 7) is 1.82. The number of benzene rings is 1. The molecule has 1 aliphatic rings. The van der Waals surface area contributed by atoms with Crippen molar-refractivity contribution >= 4 is 0 Å². The van der Waals surface area contributed by atoms with E-state index in [1.165, 1.54) is 11.1 Å². The van der Waals surface area contributed by atoms with Crippen LogP contribution in [0.4, 0.5) is 0 Å². The van der Waals surface area contributed by atoms with Crippen molar-refractivity contribution < 1.29 is 4.74 Å². The van der Waals surface area contributed by atoms with Gasteiger partial charge in [0.1, 0.15) is 12.4 Å². The van der Waals surface area contributed by atoms with E-state index >= 15 is 0 Å². The minimum absolute atomic E-state index is 0.0577. The lowest BCUT2D eigenvalue weighted by atomic mass is 9.98. The molecular formula is C13H16N4O. The van der Waals surface area contributed by atoms with Crippen LogP contribution in [-0.4, -0.2) is 21.4 Å². The molecule has 0 radical (unpaired) electrons. The predicted octanol–water partition coefficient (Wildman–Crippen LogP) is 1.05. The van der Waals surface area contributed by atoms with Gasteiger partial charge in [-0.15, -0.1) is 0 Å². The standard InChI is InChI=1S/C13H16N4O/c14-7-13-15-9-17(16-13)8-12-11-4-2-1-3-10(11)5-6-18-12/h1-4,9,12H,5-8,14H2. The molecule has 0 saturated heterocycles. The van der Waals surface area contributed by atoms with Gasteiger partial charge in [-0.25, -0.2) is 9.67 Å². The molecule has 0 fully saturated rings. The van der Waals surface area contributed by atoms with Crippen LogP contribution in [0.1, 0.15) is 23.1 Å². The summed E-state index contributed by atoms with van der Waals surface area (Å²) in [6.07, 6.45) is 2.75. The van der Waals surface area contributed by atoms with Crippen LogP contribution in [0, 0.1) is 0 Å². The number of rotatable bonds is 3. The first-order valence-corrected chi connectivity index (χ1v) is 6.14. The molecule has 2 heterocycles. The molecule has 0 saturated carbocycles. The van der Waals surface area contributed by atoms with E-state index in [-0.39, 0.29) is 6.10 Å². The van der Waals surface area contributed by atoms with E-state index in [4.69, 9.17) is 10.5 Å². The van der Waals surface area contributed by atoms with Gasteiger partial charge in [-0.2, -0.15) is 5.10 Å². The summed E-state index contributed by atoms with van der Waals surface area (Å²) in [5.41, 5.74) is 8.13. The molecule has 0 aliphatic carbocycles. The first kappa shape index (κ1) is 11.4. The van der Waals surface area contributed by atoms with Gasteiger partial charge in [-0.1, -0.05) is 24.3 Å². The van der Waals surface area contributed by atoms with Crippen molar-refractivity contribution in [2.75, 3.05) is 6.61 Å². The van der Waals surface area contributed by atoms with Crippen molar-refractivity contribution in [1.29, 1.82) is 0 Å². The van der Waals surface area contributed by atoms with Gasteiger partial charge in [0, 0.05) is 0 Å². The Bertz CT molecular complexity index is 537. The lowest BCUT2D eigenvalue weighted by molar-refractivity contribution is 0.0281. The molecule has 5 heteroatoms. The van der Waals surface area contributed by atoms with Gasteiger partial charge >= 0.3 is 0 Å². The van der Waals surface area contributed by atoms with E-state index in [1.54, 1.807) is 11.0 Å². The zero-order valence-corrected chi connectivity index (χ0v) is 10.1. The van der Waals surface area contributed by atoms with Crippen molar-refractivity contribution in [1.82, 2.24) is 14.8 Å². The molecule has 0 bridgehead atoms. The molecule has 94 valence electrons. The first-order chi connectivity index (χ1) is 8.86. The SMILES string of the molecule is NCc1ncn(CC2OCCc3ccccc32)n1. The molecule has 1 aromatic carbocycles. The van der Waals surface area contributed by atoms with Crippen LogP contribution in [0.3, 0.4) is 0 Å². The first-order valence-electron chi connectivity index (χ1n) is 6.14. The molecule has 1 aliphatic heterocycles. The van der Waals surface area contributed by atoms with Crippen LogP contribution in [-0.2, 0) is 24.2 Å². The van der Waals surface area contributed by atoms with Crippen LogP contribution >= 0.6 is 0 Å². The van der Waals surface area contributed by atoms with Crippen molar-refractivity contribution in [3.05, 3.63) is 47.5 Å². The number of hydrogen-bond donors (Lipinski definition) is 1. The fraction of sp³-hybridized carbons (Fsp3) is 0.385. The van der Waals surface area contributed by atoms with Crippen LogP contribution < -0.4 is 5.73 Å². The molecular weight excluding hydrogens is 228 g/mol. The second-order valence-electron chi connectivity index (χ2n) is 4.40. The zero-order valence-electron chi connectivity index (χ0n) is 10.1. The monoisotopic (exact) mass is 244 g/mol. The third-order valence-corrected chi connectivity index (χ3v) is 3.21. The summed E-state index contributed by atoms with van der Waals surface area (Å²) < 4.78 is 7.63. The van der Waals surface area contributed by atoms with Crippen LogP contribution in [0.2, 0.25) is 0 Å². The van der Waals surface area contributed by atoms with E-state index in [1.807, 2.05) is 6.07 Å². The van der Waals surface area contributed by atoms with Gasteiger partial charge in [0.15, 0.2) is 5.82 Å². The Morgan fingerprint density at radius 1 is 1.39 bits per heavy atom. The highest BCUT2D eigenvalue weighted by molar-refractivity contribution is 5.30. The Morgan fingerprint density at radius 3 is 3.11 bits per heavy atom. The van der Waals surface area contributed by atoms with Crippen molar-refractivity contribution in [3.8, 4) is 0 Å². The largest absolute Gasteiger partial charge is 0.371 e. The van der Waals surface area contributed by atoms with Gasteiger partial charge in [0.2, 0.25) is 0 Å².